The van der Waals surface area contributed by atoms with Crippen LogP contribution in [0.3, 0.4) is 0 Å². The molecule has 5 heteroatoms. The Morgan fingerprint density at radius 3 is 2.71 bits per heavy atom. The zero-order chi connectivity index (χ0) is 15.0. The zero-order valence-electron chi connectivity index (χ0n) is 11.6. The highest BCUT2D eigenvalue weighted by Crippen LogP contribution is 2.29. The van der Waals surface area contributed by atoms with E-state index in [1.807, 2.05) is 11.5 Å². The fourth-order valence-corrected chi connectivity index (χ4v) is 2.47. The summed E-state index contributed by atoms with van der Waals surface area (Å²) < 4.78 is 29.4. The van der Waals surface area contributed by atoms with Gasteiger partial charge in [-0.2, -0.15) is 0 Å². The number of rotatable bonds is 3. The van der Waals surface area contributed by atoms with Crippen molar-refractivity contribution in [2.75, 3.05) is 5.73 Å². The number of aromatic nitrogens is 2. The van der Waals surface area contributed by atoms with Crippen molar-refractivity contribution in [3.8, 4) is 11.4 Å². The number of nitrogens with two attached hydrogens (primary N) is 1. The maximum atomic E-state index is 14.1. The molecule has 0 saturated carbocycles. The minimum Gasteiger partial charge on any atom is -0.399 e. The van der Waals surface area contributed by atoms with Crippen LogP contribution in [0.25, 0.3) is 22.4 Å². The van der Waals surface area contributed by atoms with Crippen LogP contribution in [0.2, 0.25) is 0 Å². The maximum Gasteiger partial charge on any atom is 0.144 e. The summed E-state index contributed by atoms with van der Waals surface area (Å²) in [6, 6.07) is 8.76. The Kier molecular flexibility index (Phi) is 3.33. The highest BCUT2D eigenvalue weighted by molar-refractivity contribution is 5.81. The second-order valence-corrected chi connectivity index (χ2v) is 4.96. The predicted octanol–water partition coefficient (Wildman–Crippen LogP) is 3.97. The van der Waals surface area contributed by atoms with Crippen molar-refractivity contribution in [2.45, 2.75) is 19.9 Å². The quantitative estimate of drug-likeness (QED) is 0.741. The van der Waals surface area contributed by atoms with Crippen LogP contribution >= 0.6 is 0 Å². The van der Waals surface area contributed by atoms with Crippen LogP contribution < -0.4 is 5.73 Å². The molecule has 3 nitrogen and oxygen atoms in total. The van der Waals surface area contributed by atoms with Crippen LogP contribution in [-0.4, -0.2) is 9.55 Å². The third-order valence-corrected chi connectivity index (χ3v) is 3.39. The molecule has 0 aliphatic rings. The molecule has 2 N–H and O–H groups in total. The van der Waals surface area contributed by atoms with Gasteiger partial charge in [-0.1, -0.05) is 6.92 Å². The lowest BCUT2D eigenvalue weighted by Crippen LogP contribution is -2.01. The number of benzene rings is 2. The third kappa shape index (κ3) is 2.35. The molecule has 1 heterocycles. The molecule has 3 rings (SSSR count). The monoisotopic (exact) mass is 287 g/mol. The van der Waals surface area contributed by atoms with Crippen molar-refractivity contribution in [3.63, 3.8) is 0 Å². The number of halogens is 2. The molecular weight excluding hydrogens is 272 g/mol. The first-order valence-corrected chi connectivity index (χ1v) is 6.81. The number of imidazole rings is 1. The van der Waals surface area contributed by atoms with Gasteiger partial charge >= 0.3 is 0 Å². The zero-order valence-corrected chi connectivity index (χ0v) is 11.6. The van der Waals surface area contributed by atoms with Crippen molar-refractivity contribution >= 4 is 16.7 Å². The molecule has 1 aromatic heterocycles. The summed E-state index contributed by atoms with van der Waals surface area (Å²) in [4.78, 5) is 4.45. The molecule has 0 radical (unpaired) electrons. The maximum absolute atomic E-state index is 14.1. The van der Waals surface area contributed by atoms with Gasteiger partial charge in [0, 0.05) is 12.2 Å². The van der Waals surface area contributed by atoms with Gasteiger partial charge in [-0.05, 0) is 42.8 Å². The van der Waals surface area contributed by atoms with Crippen LogP contribution in [0.4, 0.5) is 14.5 Å². The van der Waals surface area contributed by atoms with E-state index in [1.54, 1.807) is 12.1 Å². The lowest BCUT2D eigenvalue weighted by Gasteiger charge is -2.09. The van der Waals surface area contributed by atoms with Gasteiger partial charge in [0.1, 0.15) is 17.5 Å². The number of hydrogen-bond acceptors (Lipinski definition) is 2. The van der Waals surface area contributed by atoms with Gasteiger partial charge in [-0.25, -0.2) is 13.8 Å². The number of nitrogen functional groups attached to an aromatic ring is 1. The highest BCUT2D eigenvalue weighted by Gasteiger charge is 2.16. The van der Waals surface area contributed by atoms with Gasteiger partial charge in [0.25, 0.3) is 0 Å². The Hall–Kier alpha value is -2.43. The second kappa shape index (κ2) is 5.16. The molecule has 0 bridgehead atoms. The molecule has 0 saturated heterocycles. The van der Waals surface area contributed by atoms with Crippen molar-refractivity contribution in [3.05, 3.63) is 48.0 Å². The second-order valence-electron chi connectivity index (χ2n) is 4.96. The summed E-state index contributed by atoms with van der Waals surface area (Å²) in [7, 11) is 0. The van der Waals surface area contributed by atoms with Gasteiger partial charge < -0.3 is 10.3 Å². The Labute approximate surface area is 121 Å². The lowest BCUT2D eigenvalue weighted by molar-refractivity contribution is 0.623. The number of anilines is 1. The summed E-state index contributed by atoms with van der Waals surface area (Å²) in [5, 5.41) is 0. The minimum absolute atomic E-state index is 0.333. The van der Waals surface area contributed by atoms with Crippen LogP contribution in [0, 0.1) is 11.6 Å². The Morgan fingerprint density at radius 2 is 1.95 bits per heavy atom. The number of aryl methyl sites for hydroxylation is 1. The highest BCUT2D eigenvalue weighted by atomic mass is 19.1. The smallest absolute Gasteiger partial charge is 0.144 e. The molecule has 0 fully saturated rings. The van der Waals surface area contributed by atoms with Crippen LogP contribution in [0.15, 0.2) is 36.4 Å². The van der Waals surface area contributed by atoms with E-state index in [2.05, 4.69) is 4.98 Å². The topological polar surface area (TPSA) is 43.8 Å². The van der Waals surface area contributed by atoms with E-state index in [4.69, 9.17) is 5.73 Å². The summed E-state index contributed by atoms with van der Waals surface area (Å²) in [5.74, 6) is -0.251. The van der Waals surface area contributed by atoms with Gasteiger partial charge in [0.2, 0.25) is 0 Å². The molecule has 0 spiro atoms. The van der Waals surface area contributed by atoms with E-state index in [1.165, 1.54) is 24.3 Å². The molecule has 0 aliphatic carbocycles. The average molecular weight is 287 g/mol. The van der Waals surface area contributed by atoms with Crippen LogP contribution in [0.1, 0.15) is 13.3 Å². The molecule has 0 unspecified atom stereocenters. The molecule has 0 atom stereocenters. The Bertz CT molecular complexity index is 809. The van der Waals surface area contributed by atoms with E-state index in [0.29, 0.717) is 34.7 Å². The van der Waals surface area contributed by atoms with Gasteiger partial charge in [-0.3, -0.25) is 0 Å². The minimum atomic E-state index is -0.391. The summed E-state index contributed by atoms with van der Waals surface area (Å²) >= 11 is 0. The van der Waals surface area contributed by atoms with E-state index in [9.17, 15) is 8.78 Å². The fraction of sp³-hybridized carbons (Fsp3) is 0.188. The van der Waals surface area contributed by atoms with Gasteiger partial charge in [0.05, 0.1) is 16.6 Å². The number of hydrogen-bond donors (Lipinski definition) is 1. The Balaban J connectivity index is 2.30. The van der Waals surface area contributed by atoms with Crippen LogP contribution in [0.5, 0.6) is 0 Å². The van der Waals surface area contributed by atoms with Crippen molar-refractivity contribution in [1.29, 1.82) is 0 Å². The van der Waals surface area contributed by atoms with Crippen LogP contribution in [-0.2, 0) is 6.54 Å². The lowest BCUT2D eigenvalue weighted by atomic mass is 10.1. The molecular formula is C16H15F2N3. The molecule has 21 heavy (non-hydrogen) atoms. The first-order chi connectivity index (χ1) is 10.1. The average Bonchev–Trinajstić information content (AvgIpc) is 2.80. The summed E-state index contributed by atoms with van der Waals surface area (Å²) in [6.45, 7) is 2.63. The Morgan fingerprint density at radius 1 is 1.14 bits per heavy atom. The van der Waals surface area contributed by atoms with Crippen molar-refractivity contribution < 1.29 is 8.78 Å². The standard InChI is InChI=1S/C16H15F2N3/c1-2-7-21-15-8-10(17)3-6-14(15)20-16(21)12-9-11(19)4-5-13(12)18/h3-6,8-9H,2,7,19H2,1H3. The molecule has 108 valence electrons. The largest absolute Gasteiger partial charge is 0.399 e. The van der Waals surface area contributed by atoms with Gasteiger partial charge in [0.15, 0.2) is 0 Å². The molecule has 0 aliphatic heterocycles. The third-order valence-electron chi connectivity index (χ3n) is 3.39. The first kappa shape index (κ1) is 13.5. The first-order valence-electron chi connectivity index (χ1n) is 6.81. The van der Waals surface area contributed by atoms with E-state index >= 15 is 0 Å². The molecule has 2 aromatic carbocycles. The summed E-state index contributed by atoms with van der Waals surface area (Å²) in [5.41, 5.74) is 7.84. The van der Waals surface area contributed by atoms with E-state index in [0.717, 1.165) is 6.42 Å². The van der Waals surface area contributed by atoms with E-state index in [-0.39, 0.29) is 5.82 Å². The number of fused-ring (bicyclic) bond motifs is 1. The fourth-order valence-electron chi connectivity index (χ4n) is 2.47. The molecule has 3 aromatic rings. The predicted molar refractivity (Wildman–Crippen MR) is 79.8 cm³/mol. The SMILES string of the molecule is CCCn1c(-c2cc(N)ccc2F)nc2ccc(F)cc21. The van der Waals surface area contributed by atoms with E-state index < -0.39 is 5.82 Å². The van der Waals surface area contributed by atoms with Crippen molar-refractivity contribution in [2.24, 2.45) is 0 Å². The number of nitrogens with zero attached hydrogens (tertiary/aromatic N) is 2. The van der Waals surface area contributed by atoms with Gasteiger partial charge in [-0.15, -0.1) is 0 Å². The summed E-state index contributed by atoms with van der Waals surface area (Å²) in [6.07, 6.45) is 0.832. The van der Waals surface area contributed by atoms with Crippen molar-refractivity contribution in [1.82, 2.24) is 9.55 Å². The molecule has 0 amide bonds. The normalized spacial score (nSPS) is 11.2.